The summed E-state index contributed by atoms with van der Waals surface area (Å²) in [5.74, 6) is 0.995. The van der Waals surface area contributed by atoms with Crippen molar-refractivity contribution in [2.24, 2.45) is 0 Å². The van der Waals surface area contributed by atoms with Gasteiger partial charge in [-0.25, -0.2) is 4.98 Å². The van der Waals surface area contributed by atoms with Crippen LogP contribution in [0, 0.1) is 10.1 Å². The predicted molar refractivity (Wildman–Crippen MR) is 80.7 cm³/mol. The zero-order chi connectivity index (χ0) is 15.5. The van der Waals surface area contributed by atoms with Gasteiger partial charge in [0, 0.05) is 12.1 Å². The molecule has 0 spiro atoms. The van der Waals surface area contributed by atoms with Crippen LogP contribution in [-0.4, -0.2) is 9.91 Å². The Morgan fingerprint density at radius 3 is 2.33 bits per heavy atom. The molecule has 1 aromatic heterocycles. The van der Waals surface area contributed by atoms with Crippen molar-refractivity contribution in [3.05, 3.63) is 58.3 Å². The van der Waals surface area contributed by atoms with Crippen molar-refractivity contribution >= 4 is 5.69 Å². The Hall–Kier alpha value is -2.43. The van der Waals surface area contributed by atoms with Gasteiger partial charge < -0.3 is 4.74 Å². The van der Waals surface area contributed by atoms with Crippen LogP contribution >= 0.6 is 0 Å². The van der Waals surface area contributed by atoms with Gasteiger partial charge in [-0.05, 0) is 29.5 Å². The molecule has 5 nitrogen and oxygen atoms in total. The number of hydrogen-bond acceptors (Lipinski definition) is 4. The molecule has 110 valence electrons. The minimum atomic E-state index is -0.488. The van der Waals surface area contributed by atoms with E-state index in [9.17, 15) is 10.1 Å². The number of benzene rings is 1. The minimum Gasteiger partial charge on any atom is -0.439 e. The standard InChI is InChI=1S/C16H18N2O3/c1-4-16(2,3)12-5-8-14(9-6-12)21-15-10-7-13(11-17-15)18(19)20/h5-11H,4H2,1-3H3. The third kappa shape index (κ3) is 3.56. The average molecular weight is 286 g/mol. The fraction of sp³-hybridized carbons (Fsp3) is 0.312. The van der Waals surface area contributed by atoms with Gasteiger partial charge in [0.1, 0.15) is 11.9 Å². The molecule has 0 radical (unpaired) electrons. The smallest absolute Gasteiger partial charge is 0.287 e. The van der Waals surface area contributed by atoms with Crippen LogP contribution in [-0.2, 0) is 5.41 Å². The molecular formula is C16H18N2O3. The Balaban J connectivity index is 2.11. The second-order valence-corrected chi connectivity index (χ2v) is 5.48. The van der Waals surface area contributed by atoms with Crippen molar-refractivity contribution < 1.29 is 9.66 Å². The minimum absolute atomic E-state index is 0.0533. The molecule has 0 bridgehead atoms. The molecule has 1 aromatic carbocycles. The van der Waals surface area contributed by atoms with Crippen molar-refractivity contribution in [3.8, 4) is 11.6 Å². The van der Waals surface area contributed by atoms with E-state index in [1.807, 2.05) is 24.3 Å². The lowest BCUT2D eigenvalue weighted by Crippen LogP contribution is -2.14. The lowest BCUT2D eigenvalue weighted by molar-refractivity contribution is -0.385. The van der Waals surface area contributed by atoms with E-state index in [1.54, 1.807) is 0 Å². The monoisotopic (exact) mass is 286 g/mol. The molecule has 1 heterocycles. The summed E-state index contributed by atoms with van der Waals surface area (Å²) in [5, 5.41) is 10.6. The van der Waals surface area contributed by atoms with E-state index in [0.29, 0.717) is 11.6 Å². The molecule has 21 heavy (non-hydrogen) atoms. The van der Waals surface area contributed by atoms with Gasteiger partial charge in [-0.3, -0.25) is 10.1 Å². The van der Waals surface area contributed by atoms with E-state index in [4.69, 9.17) is 4.74 Å². The van der Waals surface area contributed by atoms with Crippen molar-refractivity contribution in [1.29, 1.82) is 0 Å². The van der Waals surface area contributed by atoms with Gasteiger partial charge in [0.25, 0.3) is 5.69 Å². The summed E-state index contributed by atoms with van der Waals surface area (Å²) in [6.45, 7) is 6.55. The molecule has 2 aromatic rings. The predicted octanol–water partition coefficient (Wildman–Crippen LogP) is 4.47. The molecule has 0 amide bonds. The highest BCUT2D eigenvalue weighted by Crippen LogP contribution is 2.29. The number of nitrogens with zero attached hydrogens (tertiary/aromatic N) is 2. The van der Waals surface area contributed by atoms with Gasteiger partial charge >= 0.3 is 0 Å². The molecule has 2 rings (SSSR count). The summed E-state index contributed by atoms with van der Waals surface area (Å²) >= 11 is 0. The first-order valence-electron chi connectivity index (χ1n) is 6.81. The zero-order valence-electron chi connectivity index (χ0n) is 12.4. The largest absolute Gasteiger partial charge is 0.439 e. The van der Waals surface area contributed by atoms with E-state index in [0.717, 1.165) is 6.42 Å². The van der Waals surface area contributed by atoms with Crippen LogP contribution in [0.1, 0.15) is 32.8 Å². The SMILES string of the molecule is CCC(C)(C)c1ccc(Oc2ccc([N+](=O)[O-])cn2)cc1. The molecule has 0 N–H and O–H groups in total. The Kier molecular flexibility index (Phi) is 4.21. The Bertz CT molecular complexity index is 619. The van der Waals surface area contributed by atoms with E-state index in [2.05, 4.69) is 25.8 Å². The van der Waals surface area contributed by atoms with Crippen LogP contribution < -0.4 is 4.74 Å². The zero-order valence-corrected chi connectivity index (χ0v) is 12.4. The molecular weight excluding hydrogens is 268 g/mol. The Morgan fingerprint density at radius 1 is 1.19 bits per heavy atom. The van der Waals surface area contributed by atoms with Crippen LogP contribution in [0.4, 0.5) is 5.69 Å². The summed E-state index contributed by atoms with van der Waals surface area (Å²) in [5.41, 5.74) is 1.32. The molecule has 0 saturated heterocycles. The van der Waals surface area contributed by atoms with Crippen molar-refractivity contribution in [2.45, 2.75) is 32.6 Å². The molecule has 0 aliphatic carbocycles. The first-order chi connectivity index (χ1) is 9.92. The quantitative estimate of drug-likeness (QED) is 0.601. The highest BCUT2D eigenvalue weighted by molar-refractivity contribution is 5.35. The van der Waals surface area contributed by atoms with Crippen LogP contribution in [0.2, 0.25) is 0 Å². The molecule has 5 heteroatoms. The average Bonchev–Trinajstić information content (AvgIpc) is 2.48. The summed E-state index contributed by atoms with van der Waals surface area (Å²) in [6.07, 6.45) is 2.24. The van der Waals surface area contributed by atoms with Gasteiger partial charge in [0.05, 0.1) is 4.92 Å². The van der Waals surface area contributed by atoms with Crippen LogP contribution in [0.3, 0.4) is 0 Å². The number of hydrogen-bond donors (Lipinski definition) is 0. The Labute approximate surface area is 123 Å². The number of pyridine rings is 1. The first-order valence-corrected chi connectivity index (χ1v) is 6.81. The van der Waals surface area contributed by atoms with Gasteiger partial charge in [0.2, 0.25) is 5.88 Å². The van der Waals surface area contributed by atoms with Crippen LogP contribution in [0.25, 0.3) is 0 Å². The Morgan fingerprint density at radius 2 is 1.86 bits per heavy atom. The van der Waals surface area contributed by atoms with Crippen molar-refractivity contribution in [2.75, 3.05) is 0 Å². The second kappa shape index (κ2) is 5.91. The first kappa shape index (κ1) is 15.0. The number of nitro groups is 1. The number of ether oxygens (including phenoxy) is 1. The molecule has 0 unspecified atom stereocenters. The van der Waals surface area contributed by atoms with E-state index >= 15 is 0 Å². The third-order valence-electron chi connectivity index (χ3n) is 3.67. The highest BCUT2D eigenvalue weighted by Gasteiger charge is 2.17. The topological polar surface area (TPSA) is 65.3 Å². The molecule has 0 saturated carbocycles. The number of aromatic nitrogens is 1. The molecule has 0 atom stereocenters. The molecule has 0 aliphatic rings. The fourth-order valence-electron chi connectivity index (χ4n) is 1.84. The maximum absolute atomic E-state index is 10.6. The summed E-state index contributed by atoms with van der Waals surface area (Å²) < 4.78 is 5.58. The second-order valence-electron chi connectivity index (χ2n) is 5.48. The van der Waals surface area contributed by atoms with Gasteiger partial charge in [-0.1, -0.05) is 32.9 Å². The summed E-state index contributed by atoms with van der Waals surface area (Å²) in [7, 11) is 0. The van der Waals surface area contributed by atoms with Crippen LogP contribution in [0.15, 0.2) is 42.6 Å². The number of rotatable bonds is 5. The maximum atomic E-state index is 10.6. The lowest BCUT2D eigenvalue weighted by atomic mass is 9.82. The fourth-order valence-corrected chi connectivity index (χ4v) is 1.84. The van der Waals surface area contributed by atoms with Crippen molar-refractivity contribution in [3.63, 3.8) is 0 Å². The van der Waals surface area contributed by atoms with E-state index < -0.39 is 4.92 Å². The van der Waals surface area contributed by atoms with Gasteiger partial charge in [-0.2, -0.15) is 0 Å². The van der Waals surface area contributed by atoms with E-state index in [-0.39, 0.29) is 11.1 Å². The van der Waals surface area contributed by atoms with Crippen LogP contribution in [0.5, 0.6) is 11.6 Å². The maximum Gasteiger partial charge on any atom is 0.287 e. The molecule has 0 fully saturated rings. The van der Waals surface area contributed by atoms with Crippen molar-refractivity contribution in [1.82, 2.24) is 4.98 Å². The van der Waals surface area contributed by atoms with Gasteiger partial charge in [-0.15, -0.1) is 0 Å². The van der Waals surface area contributed by atoms with Gasteiger partial charge in [0.15, 0.2) is 0 Å². The molecule has 0 aliphatic heterocycles. The lowest BCUT2D eigenvalue weighted by Gasteiger charge is -2.23. The summed E-state index contributed by atoms with van der Waals surface area (Å²) in [4.78, 5) is 14.0. The normalized spacial score (nSPS) is 11.2. The van der Waals surface area contributed by atoms with E-state index in [1.165, 1.54) is 23.9 Å². The third-order valence-corrected chi connectivity index (χ3v) is 3.67. The summed E-state index contributed by atoms with van der Waals surface area (Å²) in [6, 6.07) is 10.7. The highest BCUT2D eigenvalue weighted by atomic mass is 16.6.